The number of hydrogen-bond acceptors (Lipinski definition) is 5. The van der Waals surface area contributed by atoms with Crippen molar-refractivity contribution < 1.29 is 4.79 Å². The lowest BCUT2D eigenvalue weighted by Gasteiger charge is -2.37. The lowest BCUT2D eigenvalue weighted by atomic mass is 9.90. The number of anilines is 2. The van der Waals surface area contributed by atoms with Crippen LogP contribution in [0, 0.1) is 0 Å². The Kier molecular flexibility index (Phi) is 6.74. The monoisotopic (exact) mass is 455 g/mol. The molecule has 2 fully saturated rings. The first-order valence-corrected chi connectivity index (χ1v) is 12.4. The number of piperidine rings is 1. The van der Waals surface area contributed by atoms with E-state index in [-0.39, 0.29) is 11.8 Å². The SMILES string of the molecule is CC1CCCCN1c1ccc(N2CCN(C(=O)C(c3ccccc3)c3ccccc3)CC2)nn1. The standard InChI is InChI=1S/C28H33N5O/c1-22-10-8-9-17-33(22)26-16-15-25(29-30-26)31-18-20-32(21-19-31)28(34)27(23-11-4-2-5-12-23)24-13-6-3-7-14-24/h2-7,11-16,22,27H,8-10,17-21H2,1H3. The summed E-state index contributed by atoms with van der Waals surface area (Å²) in [4.78, 5) is 20.3. The molecule has 2 saturated heterocycles. The fourth-order valence-corrected chi connectivity index (χ4v) is 5.19. The van der Waals surface area contributed by atoms with Gasteiger partial charge in [-0.15, -0.1) is 10.2 Å². The zero-order valence-corrected chi connectivity index (χ0v) is 19.9. The van der Waals surface area contributed by atoms with Gasteiger partial charge in [-0.05, 0) is 49.4 Å². The van der Waals surface area contributed by atoms with Crippen LogP contribution < -0.4 is 9.80 Å². The number of nitrogens with zero attached hydrogens (tertiary/aromatic N) is 5. The van der Waals surface area contributed by atoms with E-state index in [0.717, 1.165) is 42.4 Å². The van der Waals surface area contributed by atoms with Crippen LogP contribution in [0.5, 0.6) is 0 Å². The fraction of sp³-hybridized carbons (Fsp3) is 0.393. The molecular weight excluding hydrogens is 422 g/mol. The first kappa shape index (κ1) is 22.4. The summed E-state index contributed by atoms with van der Waals surface area (Å²) < 4.78 is 0. The zero-order valence-electron chi connectivity index (χ0n) is 19.9. The molecule has 5 rings (SSSR count). The van der Waals surface area contributed by atoms with Gasteiger partial charge in [0.15, 0.2) is 11.6 Å². The number of aromatic nitrogens is 2. The Balaban J connectivity index is 1.25. The highest BCUT2D eigenvalue weighted by Gasteiger charge is 2.30. The second kappa shape index (κ2) is 10.2. The van der Waals surface area contributed by atoms with Gasteiger partial charge in [0.25, 0.3) is 0 Å². The third-order valence-electron chi connectivity index (χ3n) is 7.16. The number of carbonyl (C=O) groups excluding carboxylic acids is 1. The molecule has 0 saturated carbocycles. The first-order chi connectivity index (χ1) is 16.7. The van der Waals surface area contributed by atoms with E-state index in [9.17, 15) is 4.79 Å². The summed E-state index contributed by atoms with van der Waals surface area (Å²) in [6.45, 7) is 6.21. The van der Waals surface area contributed by atoms with Crippen molar-refractivity contribution in [1.82, 2.24) is 15.1 Å². The highest BCUT2D eigenvalue weighted by Crippen LogP contribution is 2.28. The van der Waals surface area contributed by atoms with Crippen LogP contribution in [0.1, 0.15) is 43.2 Å². The number of piperazine rings is 1. The molecule has 0 bridgehead atoms. The van der Waals surface area contributed by atoms with E-state index >= 15 is 0 Å². The molecule has 1 amide bonds. The second-order valence-corrected chi connectivity index (χ2v) is 9.35. The highest BCUT2D eigenvalue weighted by molar-refractivity contribution is 5.87. The summed E-state index contributed by atoms with van der Waals surface area (Å²) in [6, 6.07) is 24.9. The number of benzene rings is 2. The average Bonchev–Trinajstić information content (AvgIpc) is 2.91. The van der Waals surface area contributed by atoms with Crippen LogP contribution in [-0.4, -0.2) is 59.8 Å². The summed E-state index contributed by atoms with van der Waals surface area (Å²) in [5.41, 5.74) is 2.07. The van der Waals surface area contributed by atoms with Crippen LogP contribution in [0.2, 0.25) is 0 Å². The molecule has 0 aliphatic carbocycles. The third-order valence-corrected chi connectivity index (χ3v) is 7.16. The Labute approximate surface area is 202 Å². The van der Waals surface area contributed by atoms with E-state index in [2.05, 4.69) is 39.1 Å². The first-order valence-electron chi connectivity index (χ1n) is 12.4. The van der Waals surface area contributed by atoms with E-state index in [1.165, 1.54) is 19.3 Å². The molecule has 2 aromatic carbocycles. The smallest absolute Gasteiger partial charge is 0.234 e. The molecule has 1 aromatic heterocycles. The molecule has 0 N–H and O–H groups in total. The van der Waals surface area contributed by atoms with Crippen LogP contribution in [0.25, 0.3) is 0 Å². The lowest BCUT2D eigenvalue weighted by molar-refractivity contribution is -0.132. The largest absolute Gasteiger partial charge is 0.352 e. The lowest BCUT2D eigenvalue weighted by Crippen LogP contribution is -2.50. The van der Waals surface area contributed by atoms with Crippen molar-refractivity contribution in [2.75, 3.05) is 42.5 Å². The average molecular weight is 456 g/mol. The Morgan fingerprint density at radius 1 is 0.765 bits per heavy atom. The highest BCUT2D eigenvalue weighted by atomic mass is 16.2. The van der Waals surface area contributed by atoms with Gasteiger partial charge in [0.1, 0.15) is 0 Å². The summed E-state index contributed by atoms with van der Waals surface area (Å²) in [5.74, 6) is 1.75. The summed E-state index contributed by atoms with van der Waals surface area (Å²) in [5, 5.41) is 9.09. The Hall–Kier alpha value is -3.41. The minimum atomic E-state index is -0.278. The molecule has 6 heteroatoms. The van der Waals surface area contributed by atoms with E-state index in [1.54, 1.807) is 0 Å². The summed E-state index contributed by atoms with van der Waals surface area (Å²) >= 11 is 0. The van der Waals surface area contributed by atoms with Crippen molar-refractivity contribution >= 4 is 17.5 Å². The molecule has 2 aliphatic heterocycles. The van der Waals surface area contributed by atoms with Gasteiger partial charge in [0.2, 0.25) is 5.91 Å². The van der Waals surface area contributed by atoms with Gasteiger partial charge in [-0.3, -0.25) is 4.79 Å². The van der Waals surface area contributed by atoms with Crippen LogP contribution in [0.15, 0.2) is 72.8 Å². The van der Waals surface area contributed by atoms with E-state index in [4.69, 9.17) is 0 Å². The maximum absolute atomic E-state index is 13.7. The van der Waals surface area contributed by atoms with Crippen LogP contribution in [0.4, 0.5) is 11.6 Å². The van der Waals surface area contributed by atoms with Crippen LogP contribution in [0.3, 0.4) is 0 Å². The maximum Gasteiger partial charge on any atom is 0.234 e. The van der Waals surface area contributed by atoms with Gasteiger partial charge in [-0.1, -0.05) is 60.7 Å². The topological polar surface area (TPSA) is 52.6 Å². The summed E-state index contributed by atoms with van der Waals surface area (Å²) in [7, 11) is 0. The molecule has 0 radical (unpaired) electrons. The Morgan fingerprint density at radius 3 is 1.91 bits per heavy atom. The minimum absolute atomic E-state index is 0.164. The molecule has 3 aromatic rings. The molecule has 1 atom stereocenters. The van der Waals surface area contributed by atoms with Gasteiger partial charge < -0.3 is 14.7 Å². The van der Waals surface area contributed by atoms with Gasteiger partial charge in [0.05, 0.1) is 5.92 Å². The molecular formula is C28H33N5O. The van der Waals surface area contributed by atoms with Crippen LogP contribution >= 0.6 is 0 Å². The fourth-order valence-electron chi connectivity index (χ4n) is 5.19. The van der Waals surface area contributed by atoms with Crippen molar-refractivity contribution in [3.63, 3.8) is 0 Å². The van der Waals surface area contributed by atoms with Gasteiger partial charge in [-0.25, -0.2) is 0 Å². The number of hydrogen-bond donors (Lipinski definition) is 0. The van der Waals surface area contributed by atoms with E-state index < -0.39 is 0 Å². The number of amides is 1. The quantitative estimate of drug-likeness (QED) is 0.573. The Bertz CT molecular complexity index is 1030. The van der Waals surface area contributed by atoms with Crippen molar-refractivity contribution in [2.45, 2.75) is 38.1 Å². The van der Waals surface area contributed by atoms with Crippen molar-refractivity contribution in [3.8, 4) is 0 Å². The van der Waals surface area contributed by atoms with Gasteiger partial charge in [-0.2, -0.15) is 0 Å². The normalized spacial score (nSPS) is 18.9. The molecule has 3 heterocycles. The van der Waals surface area contributed by atoms with Crippen molar-refractivity contribution in [2.24, 2.45) is 0 Å². The third kappa shape index (κ3) is 4.76. The molecule has 6 nitrogen and oxygen atoms in total. The zero-order chi connectivity index (χ0) is 23.3. The summed E-state index contributed by atoms with van der Waals surface area (Å²) in [6.07, 6.45) is 3.73. The Morgan fingerprint density at radius 2 is 1.35 bits per heavy atom. The second-order valence-electron chi connectivity index (χ2n) is 9.35. The number of rotatable bonds is 5. The predicted molar refractivity (Wildman–Crippen MR) is 136 cm³/mol. The van der Waals surface area contributed by atoms with Crippen molar-refractivity contribution in [3.05, 3.63) is 83.9 Å². The molecule has 0 spiro atoms. The van der Waals surface area contributed by atoms with Crippen molar-refractivity contribution in [1.29, 1.82) is 0 Å². The minimum Gasteiger partial charge on any atom is -0.352 e. The van der Waals surface area contributed by atoms with Gasteiger partial charge in [0, 0.05) is 38.8 Å². The van der Waals surface area contributed by atoms with E-state index in [0.29, 0.717) is 19.1 Å². The predicted octanol–water partition coefficient (Wildman–Crippen LogP) is 4.34. The number of carbonyl (C=O) groups is 1. The van der Waals surface area contributed by atoms with Crippen LogP contribution in [-0.2, 0) is 4.79 Å². The molecule has 2 aliphatic rings. The van der Waals surface area contributed by atoms with Gasteiger partial charge >= 0.3 is 0 Å². The molecule has 34 heavy (non-hydrogen) atoms. The molecule has 176 valence electrons. The van der Waals surface area contributed by atoms with E-state index in [1.807, 2.05) is 65.6 Å². The maximum atomic E-state index is 13.7. The molecule has 1 unspecified atom stereocenters.